The van der Waals surface area contributed by atoms with Crippen LogP contribution in [0.15, 0.2) is 54.6 Å². The predicted octanol–water partition coefficient (Wildman–Crippen LogP) is 3.17. The van der Waals surface area contributed by atoms with Gasteiger partial charge in [0.1, 0.15) is 5.75 Å². The minimum absolute atomic E-state index is 0. The third-order valence-electron chi connectivity index (χ3n) is 3.63. The van der Waals surface area contributed by atoms with Crippen LogP contribution in [-0.4, -0.2) is 33.1 Å². The number of aliphatic hydroxyl groups excluding tert-OH is 1. The van der Waals surface area contributed by atoms with Crippen LogP contribution in [0.2, 0.25) is 0 Å². The molecule has 2 rings (SSSR count). The SMILES string of the molecule is C[C@H]([C@@H](O)c1ccccc1)N(O)CCc1ccc(O)cc1.Cl. The molecule has 0 spiro atoms. The van der Waals surface area contributed by atoms with Gasteiger partial charge in [-0.2, -0.15) is 5.06 Å². The van der Waals surface area contributed by atoms with Crippen molar-refractivity contribution in [2.45, 2.75) is 25.5 Å². The van der Waals surface area contributed by atoms with Crippen LogP contribution in [-0.2, 0) is 6.42 Å². The van der Waals surface area contributed by atoms with Crippen LogP contribution in [0.4, 0.5) is 0 Å². The van der Waals surface area contributed by atoms with Crippen molar-refractivity contribution in [3.05, 3.63) is 65.7 Å². The summed E-state index contributed by atoms with van der Waals surface area (Å²) in [5, 5.41) is 30.7. The molecular weight excluding hydrogens is 302 g/mol. The molecule has 0 unspecified atom stereocenters. The lowest BCUT2D eigenvalue weighted by Gasteiger charge is -2.27. The van der Waals surface area contributed by atoms with Crippen molar-refractivity contribution in [3.63, 3.8) is 0 Å². The second kappa shape index (κ2) is 8.76. The van der Waals surface area contributed by atoms with Gasteiger partial charge >= 0.3 is 0 Å². The Kier molecular flexibility index (Phi) is 7.35. The molecule has 0 bridgehead atoms. The first-order valence-corrected chi connectivity index (χ1v) is 7.04. The molecule has 0 saturated heterocycles. The number of aliphatic hydroxyl groups is 1. The van der Waals surface area contributed by atoms with Crippen LogP contribution in [0, 0.1) is 0 Å². The Bertz CT molecular complexity index is 548. The summed E-state index contributed by atoms with van der Waals surface area (Å²) in [6, 6.07) is 15.8. The monoisotopic (exact) mass is 323 g/mol. The van der Waals surface area contributed by atoms with E-state index in [1.54, 1.807) is 19.1 Å². The summed E-state index contributed by atoms with van der Waals surface area (Å²) >= 11 is 0. The van der Waals surface area contributed by atoms with E-state index in [-0.39, 0.29) is 18.2 Å². The quantitative estimate of drug-likeness (QED) is 0.714. The minimum Gasteiger partial charge on any atom is -0.508 e. The first-order chi connectivity index (χ1) is 10.1. The highest BCUT2D eigenvalue weighted by Gasteiger charge is 2.21. The summed E-state index contributed by atoms with van der Waals surface area (Å²) in [5.74, 6) is 0.229. The molecule has 3 N–H and O–H groups in total. The molecule has 0 saturated carbocycles. The zero-order valence-corrected chi connectivity index (χ0v) is 13.3. The van der Waals surface area contributed by atoms with Crippen molar-refractivity contribution in [2.24, 2.45) is 0 Å². The number of benzene rings is 2. The Labute approximate surface area is 137 Å². The lowest BCUT2D eigenvalue weighted by molar-refractivity contribution is -0.149. The van der Waals surface area contributed by atoms with Crippen LogP contribution in [0.3, 0.4) is 0 Å². The van der Waals surface area contributed by atoms with Gasteiger partial charge in [-0.05, 0) is 36.6 Å². The fourth-order valence-electron chi connectivity index (χ4n) is 2.20. The molecule has 0 aliphatic rings. The van der Waals surface area contributed by atoms with E-state index < -0.39 is 12.1 Å². The van der Waals surface area contributed by atoms with Crippen molar-refractivity contribution in [1.29, 1.82) is 0 Å². The van der Waals surface area contributed by atoms with E-state index >= 15 is 0 Å². The van der Waals surface area contributed by atoms with Crippen LogP contribution in [0.1, 0.15) is 24.2 Å². The minimum atomic E-state index is -0.740. The summed E-state index contributed by atoms with van der Waals surface area (Å²) < 4.78 is 0. The second-order valence-electron chi connectivity index (χ2n) is 5.18. The molecular formula is C17H22ClNO3. The van der Waals surface area contributed by atoms with Crippen LogP contribution in [0.5, 0.6) is 5.75 Å². The number of phenolic OH excluding ortho intramolecular Hbond substituents is 1. The number of rotatable bonds is 6. The Morgan fingerprint density at radius 2 is 1.59 bits per heavy atom. The van der Waals surface area contributed by atoms with Crippen molar-refractivity contribution in [3.8, 4) is 5.75 Å². The van der Waals surface area contributed by atoms with Gasteiger partial charge in [0.2, 0.25) is 0 Å². The van der Waals surface area contributed by atoms with Gasteiger partial charge in [0.15, 0.2) is 0 Å². The first kappa shape index (κ1) is 18.5. The highest BCUT2D eigenvalue weighted by atomic mass is 35.5. The molecule has 0 radical (unpaired) electrons. The zero-order valence-electron chi connectivity index (χ0n) is 12.5. The van der Waals surface area contributed by atoms with Crippen molar-refractivity contribution in [2.75, 3.05) is 6.54 Å². The molecule has 2 aromatic carbocycles. The molecule has 5 heteroatoms. The molecule has 2 atom stereocenters. The Morgan fingerprint density at radius 3 is 2.18 bits per heavy atom. The number of hydrogen-bond acceptors (Lipinski definition) is 4. The van der Waals surface area contributed by atoms with Crippen LogP contribution < -0.4 is 0 Å². The summed E-state index contributed by atoms with van der Waals surface area (Å²) in [7, 11) is 0. The number of hydroxylamine groups is 2. The third-order valence-corrected chi connectivity index (χ3v) is 3.63. The molecule has 22 heavy (non-hydrogen) atoms. The largest absolute Gasteiger partial charge is 0.508 e. The predicted molar refractivity (Wildman–Crippen MR) is 88.4 cm³/mol. The zero-order chi connectivity index (χ0) is 15.2. The van der Waals surface area contributed by atoms with Gasteiger partial charge in [-0.25, -0.2) is 0 Å². The fourth-order valence-corrected chi connectivity index (χ4v) is 2.20. The lowest BCUT2D eigenvalue weighted by atomic mass is 10.0. The van der Waals surface area contributed by atoms with E-state index in [0.29, 0.717) is 13.0 Å². The third kappa shape index (κ3) is 5.00. The van der Waals surface area contributed by atoms with Gasteiger partial charge in [0.05, 0.1) is 12.1 Å². The molecule has 0 fully saturated rings. The topological polar surface area (TPSA) is 63.9 Å². The molecule has 0 aliphatic carbocycles. The molecule has 0 heterocycles. The van der Waals surface area contributed by atoms with Gasteiger partial charge < -0.3 is 15.4 Å². The summed E-state index contributed by atoms with van der Waals surface area (Å²) in [6.07, 6.45) is -0.0983. The fraction of sp³-hybridized carbons (Fsp3) is 0.294. The Balaban J connectivity index is 0.00000242. The first-order valence-electron chi connectivity index (χ1n) is 7.04. The number of aromatic hydroxyl groups is 1. The molecule has 120 valence electrons. The summed E-state index contributed by atoms with van der Waals surface area (Å²) in [6.45, 7) is 2.20. The maximum Gasteiger partial charge on any atom is 0.115 e. The normalized spacial score (nSPS) is 13.5. The van der Waals surface area contributed by atoms with Crippen LogP contribution in [0.25, 0.3) is 0 Å². The Morgan fingerprint density at radius 1 is 1.00 bits per heavy atom. The van der Waals surface area contributed by atoms with E-state index in [2.05, 4.69) is 0 Å². The van der Waals surface area contributed by atoms with Gasteiger partial charge in [0.25, 0.3) is 0 Å². The molecule has 4 nitrogen and oxygen atoms in total. The van der Waals surface area contributed by atoms with E-state index in [1.807, 2.05) is 42.5 Å². The number of hydrogen-bond donors (Lipinski definition) is 3. The maximum atomic E-state index is 10.3. The van der Waals surface area contributed by atoms with Crippen molar-refractivity contribution >= 4 is 12.4 Å². The van der Waals surface area contributed by atoms with Crippen molar-refractivity contribution < 1.29 is 15.4 Å². The van der Waals surface area contributed by atoms with E-state index in [9.17, 15) is 15.4 Å². The lowest BCUT2D eigenvalue weighted by Crippen LogP contribution is -2.36. The average Bonchev–Trinajstić information content (AvgIpc) is 2.53. The molecule has 0 aromatic heterocycles. The van der Waals surface area contributed by atoms with Gasteiger partial charge in [-0.1, -0.05) is 42.5 Å². The molecule has 0 amide bonds. The number of nitrogens with zero attached hydrogens (tertiary/aromatic N) is 1. The smallest absolute Gasteiger partial charge is 0.115 e. The van der Waals surface area contributed by atoms with E-state index in [1.165, 1.54) is 0 Å². The van der Waals surface area contributed by atoms with E-state index in [4.69, 9.17) is 0 Å². The number of phenols is 1. The maximum absolute atomic E-state index is 10.3. The molecule has 2 aromatic rings. The molecule has 0 aliphatic heterocycles. The summed E-state index contributed by atoms with van der Waals surface area (Å²) in [4.78, 5) is 0. The van der Waals surface area contributed by atoms with Gasteiger partial charge in [0, 0.05) is 6.54 Å². The van der Waals surface area contributed by atoms with Crippen LogP contribution >= 0.6 is 12.4 Å². The highest BCUT2D eigenvalue weighted by Crippen LogP contribution is 2.20. The summed E-state index contributed by atoms with van der Waals surface area (Å²) in [5.41, 5.74) is 1.81. The van der Waals surface area contributed by atoms with Gasteiger partial charge in [-0.15, -0.1) is 12.4 Å². The number of halogens is 1. The highest BCUT2D eigenvalue weighted by molar-refractivity contribution is 5.85. The van der Waals surface area contributed by atoms with Gasteiger partial charge in [-0.3, -0.25) is 0 Å². The standard InChI is InChI=1S/C17H21NO3.ClH/c1-13(17(20)15-5-3-2-4-6-15)18(21)12-11-14-7-9-16(19)10-8-14;/h2-10,13,17,19-21H,11-12H2,1H3;1H/t13-,17-;/m1./s1. The van der Waals surface area contributed by atoms with Crippen molar-refractivity contribution in [1.82, 2.24) is 5.06 Å². The second-order valence-corrected chi connectivity index (χ2v) is 5.18. The average molecular weight is 324 g/mol. The Hall–Kier alpha value is -1.59. The van der Waals surface area contributed by atoms with E-state index in [0.717, 1.165) is 16.2 Å².